The molecule has 74 valence electrons. The third-order valence-corrected chi connectivity index (χ3v) is 3.39. The van der Waals surface area contributed by atoms with Crippen molar-refractivity contribution in [1.82, 2.24) is 0 Å². The van der Waals surface area contributed by atoms with Gasteiger partial charge in [0.2, 0.25) is 0 Å². The van der Waals surface area contributed by atoms with Gasteiger partial charge in [0.05, 0.1) is 0 Å². The molecule has 0 saturated carbocycles. The molecule has 2 heteroatoms. The molecule has 0 amide bonds. The van der Waals surface area contributed by atoms with E-state index in [2.05, 4.69) is 40.3 Å². The van der Waals surface area contributed by atoms with Gasteiger partial charge in [-0.1, -0.05) is 27.7 Å². The van der Waals surface area contributed by atoms with Gasteiger partial charge in [0.25, 0.3) is 0 Å². The molecule has 0 rings (SSSR count). The number of nitrogens with two attached hydrogens (primary N) is 1. The second-order valence-corrected chi connectivity index (χ2v) is 5.48. The minimum atomic E-state index is 0.143. The Hall–Kier alpha value is 0.310. The van der Waals surface area contributed by atoms with Gasteiger partial charge in [-0.2, -0.15) is 12.6 Å². The van der Waals surface area contributed by atoms with Crippen molar-refractivity contribution in [2.45, 2.75) is 51.7 Å². The molecule has 1 nitrogen and oxygen atoms in total. The molecule has 0 aromatic rings. The smallest absolute Gasteiger partial charge is 0.0104 e. The lowest BCUT2D eigenvalue weighted by molar-refractivity contribution is 0.261. The molecule has 0 radical (unpaired) electrons. The highest BCUT2D eigenvalue weighted by Crippen LogP contribution is 2.35. The first-order valence-electron chi connectivity index (χ1n) is 4.81. The van der Waals surface area contributed by atoms with Crippen LogP contribution in [0.2, 0.25) is 0 Å². The summed E-state index contributed by atoms with van der Waals surface area (Å²) in [5.41, 5.74) is 6.02. The van der Waals surface area contributed by atoms with E-state index in [9.17, 15) is 0 Å². The Morgan fingerprint density at radius 3 is 1.92 bits per heavy atom. The Kier molecular flexibility index (Phi) is 4.64. The Bertz CT molecular complexity index is 128. The highest BCUT2D eigenvalue weighted by molar-refractivity contribution is 7.81. The van der Waals surface area contributed by atoms with E-state index in [4.69, 9.17) is 5.73 Å². The highest BCUT2D eigenvalue weighted by atomic mass is 32.1. The predicted octanol–water partition coefficient (Wildman–Crippen LogP) is 2.85. The van der Waals surface area contributed by atoms with Gasteiger partial charge in [-0.3, -0.25) is 0 Å². The summed E-state index contributed by atoms with van der Waals surface area (Å²) in [6.45, 7) is 9.59. The molecule has 0 aliphatic carbocycles. The fourth-order valence-electron chi connectivity index (χ4n) is 1.39. The molecule has 0 bridgehead atoms. The standard InChI is InChI=1S/C10H23NS/c1-5-9(3,8-11)7-10(4,12)6-2/h12H,5-8,11H2,1-4H3. The third-order valence-electron chi connectivity index (χ3n) is 2.92. The van der Waals surface area contributed by atoms with Crippen molar-refractivity contribution in [3.63, 3.8) is 0 Å². The summed E-state index contributed by atoms with van der Waals surface area (Å²) in [4.78, 5) is 0. The molecule has 0 saturated heterocycles. The van der Waals surface area contributed by atoms with Crippen LogP contribution in [-0.4, -0.2) is 11.3 Å². The second-order valence-electron chi connectivity index (χ2n) is 4.40. The van der Waals surface area contributed by atoms with Crippen molar-refractivity contribution in [2.75, 3.05) is 6.54 Å². The topological polar surface area (TPSA) is 26.0 Å². The monoisotopic (exact) mass is 189 g/mol. The lowest BCUT2D eigenvalue weighted by Gasteiger charge is -2.34. The number of rotatable bonds is 5. The molecule has 0 aliphatic heterocycles. The molecule has 12 heavy (non-hydrogen) atoms. The molecule has 0 aliphatic rings. The van der Waals surface area contributed by atoms with E-state index < -0.39 is 0 Å². The molecular formula is C10H23NS. The van der Waals surface area contributed by atoms with Crippen molar-refractivity contribution in [3.05, 3.63) is 0 Å². The maximum Gasteiger partial charge on any atom is 0.0104 e. The minimum Gasteiger partial charge on any atom is -0.330 e. The predicted molar refractivity (Wildman–Crippen MR) is 59.8 cm³/mol. The zero-order valence-electron chi connectivity index (χ0n) is 8.85. The van der Waals surface area contributed by atoms with Gasteiger partial charge >= 0.3 is 0 Å². The average Bonchev–Trinajstić information content (AvgIpc) is 2.04. The van der Waals surface area contributed by atoms with Crippen LogP contribution < -0.4 is 5.73 Å². The lowest BCUT2D eigenvalue weighted by Crippen LogP contribution is -2.33. The molecule has 0 spiro atoms. The Morgan fingerprint density at radius 1 is 1.17 bits per heavy atom. The Labute approximate surface area is 82.5 Å². The second kappa shape index (κ2) is 4.52. The van der Waals surface area contributed by atoms with E-state index in [1.54, 1.807) is 0 Å². The molecule has 0 aromatic carbocycles. The van der Waals surface area contributed by atoms with Crippen molar-refractivity contribution in [2.24, 2.45) is 11.1 Å². The molecule has 2 unspecified atom stereocenters. The zero-order chi connectivity index (χ0) is 9.83. The average molecular weight is 189 g/mol. The van der Waals surface area contributed by atoms with Crippen LogP contribution in [0.25, 0.3) is 0 Å². The Balaban J connectivity index is 4.20. The van der Waals surface area contributed by atoms with Crippen molar-refractivity contribution >= 4 is 12.6 Å². The van der Waals surface area contributed by atoms with Gasteiger partial charge in [0, 0.05) is 4.75 Å². The minimum absolute atomic E-state index is 0.143. The lowest BCUT2D eigenvalue weighted by atomic mass is 9.78. The summed E-state index contributed by atoms with van der Waals surface area (Å²) in [5, 5.41) is 0. The summed E-state index contributed by atoms with van der Waals surface area (Å²) in [7, 11) is 0. The third kappa shape index (κ3) is 3.81. The van der Waals surface area contributed by atoms with Gasteiger partial charge in [0.15, 0.2) is 0 Å². The van der Waals surface area contributed by atoms with Crippen LogP contribution in [0, 0.1) is 5.41 Å². The zero-order valence-corrected chi connectivity index (χ0v) is 9.75. The SMILES string of the molecule is CCC(C)(S)CC(C)(CC)CN. The van der Waals surface area contributed by atoms with Gasteiger partial charge in [-0.15, -0.1) is 0 Å². The van der Waals surface area contributed by atoms with E-state index in [0.29, 0.717) is 0 Å². The van der Waals surface area contributed by atoms with Crippen LogP contribution in [0.1, 0.15) is 47.0 Å². The van der Waals surface area contributed by atoms with Gasteiger partial charge in [-0.05, 0) is 31.2 Å². The van der Waals surface area contributed by atoms with Crippen molar-refractivity contribution in [1.29, 1.82) is 0 Å². The van der Waals surface area contributed by atoms with Crippen LogP contribution in [0.4, 0.5) is 0 Å². The maximum absolute atomic E-state index is 5.75. The van der Waals surface area contributed by atoms with E-state index in [1.165, 1.54) is 0 Å². The van der Waals surface area contributed by atoms with Crippen LogP contribution in [-0.2, 0) is 0 Å². The number of thiol groups is 1. The largest absolute Gasteiger partial charge is 0.330 e. The summed E-state index contributed by atoms with van der Waals surface area (Å²) in [5.74, 6) is 0. The molecule has 0 fully saturated rings. The van der Waals surface area contributed by atoms with Crippen LogP contribution in [0.3, 0.4) is 0 Å². The number of hydrogen-bond acceptors (Lipinski definition) is 2. The fraction of sp³-hybridized carbons (Fsp3) is 1.00. The van der Waals surface area contributed by atoms with Gasteiger partial charge in [0.1, 0.15) is 0 Å². The first-order valence-corrected chi connectivity index (χ1v) is 5.26. The fourth-order valence-corrected chi connectivity index (χ4v) is 1.77. The van der Waals surface area contributed by atoms with E-state index in [1.807, 2.05) is 0 Å². The summed E-state index contributed by atoms with van der Waals surface area (Å²) in [6, 6.07) is 0. The molecular weight excluding hydrogens is 166 g/mol. The highest BCUT2D eigenvalue weighted by Gasteiger charge is 2.29. The van der Waals surface area contributed by atoms with E-state index in [-0.39, 0.29) is 10.2 Å². The van der Waals surface area contributed by atoms with Gasteiger partial charge < -0.3 is 5.73 Å². The first kappa shape index (κ1) is 12.3. The number of hydrogen-bond donors (Lipinski definition) is 2. The summed E-state index contributed by atoms with van der Waals surface area (Å²) >= 11 is 4.63. The molecule has 0 aromatic heterocycles. The summed E-state index contributed by atoms with van der Waals surface area (Å²) < 4.78 is 0.143. The van der Waals surface area contributed by atoms with Crippen LogP contribution in [0.5, 0.6) is 0 Å². The van der Waals surface area contributed by atoms with Crippen LogP contribution >= 0.6 is 12.6 Å². The quantitative estimate of drug-likeness (QED) is 0.639. The van der Waals surface area contributed by atoms with E-state index in [0.717, 1.165) is 25.8 Å². The molecule has 0 heterocycles. The molecule has 2 N–H and O–H groups in total. The van der Waals surface area contributed by atoms with Crippen molar-refractivity contribution < 1.29 is 0 Å². The van der Waals surface area contributed by atoms with Crippen molar-refractivity contribution in [3.8, 4) is 0 Å². The maximum atomic E-state index is 5.75. The summed E-state index contributed by atoms with van der Waals surface area (Å²) in [6.07, 6.45) is 3.35. The normalized spacial score (nSPS) is 21.5. The van der Waals surface area contributed by atoms with E-state index >= 15 is 0 Å². The van der Waals surface area contributed by atoms with Crippen LogP contribution in [0.15, 0.2) is 0 Å². The molecule has 2 atom stereocenters. The Morgan fingerprint density at radius 2 is 1.67 bits per heavy atom. The van der Waals surface area contributed by atoms with Gasteiger partial charge in [-0.25, -0.2) is 0 Å². The first-order chi connectivity index (χ1) is 5.39.